The van der Waals surface area contributed by atoms with Gasteiger partial charge >= 0.3 is 12.2 Å². The summed E-state index contributed by atoms with van der Waals surface area (Å²) in [5, 5.41) is 0.171. The van der Waals surface area contributed by atoms with Crippen molar-refractivity contribution in [3.05, 3.63) is 65.9 Å². The Labute approximate surface area is 352 Å². The summed E-state index contributed by atoms with van der Waals surface area (Å²) in [5.74, 6) is -0.786. The molecule has 2 saturated heterocycles. The Kier molecular flexibility index (Phi) is 10.6. The summed E-state index contributed by atoms with van der Waals surface area (Å²) in [4.78, 5) is 65.1. The molecule has 322 valence electrons. The Morgan fingerprint density at radius 2 is 1.29 bits per heavy atom. The molecule has 3 aromatic rings. The first-order valence-corrected chi connectivity index (χ1v) is 26.5. The fraction of sp³-hybridized carbons (Fsp3) is 0.600. The number of amides is 3. The summed E-state index contributed by atoms with van der Waals surface area (Å²) in [6, 6.07) is 14.1. The maximum Gasteiger partial charge on any atom is 0.419 e. The molecular formula is C45H66N4O8Si2. The Hall–Kier alpha value is -3.99. The lowest BCUT2D eigenvalue weighted by atomic mass is 9.72. The van der Waals surface area contributed by atoms with E-state index in [-0.39, 0.29) is 29.0 Å². The molecule has 0 N–H and O–H groups in total. The zero-order valence-corrected chi connectivity index (χ0v) is 40.3. The summed E-state index contributed by atoms with van der Waals surface area (Å²) in [7, 11) is -3.73. The van der Waals surface area contributed by atoms with E-state index in [0.29, 0.717) is 16.8 Å². The molecule has 2 fully saturated rings. The second-order valence-electron chi connectivity index (χ2n) is 21.6. The second-order valence-corrected chi connectivity index (χ2v) is 31.2. The van der Waals surface area contributed by atoms with Gasteiger partial charge in [-0.15, -0.1) is 0 Å². The van der Waals surface area contributed by atoms with Crippen LogP contribution in [0, 0.1) is 0 Å². The first kappa shape index (κ1) is 44.6. The van der Waals surface area contributed by atoms with Gasteiger partial charge in [-0.3, -0.25) is 19.1 Å². The third-order valence-electron chi connectivity index (χ3n) is 13.2. The Morgan fingerprint density at radius 3 is 1.86 bits per heavy atom. The van der Waals surface area contributed by atoms with E-state index in [0.717, 1.165) is 10.9 Å². The molecule has 0 bridgehead atoms. The number of fused-ring (bicyclic) bond motifs is 6. The van der Waals surface area contributed by atoms with Crippen LogP contribution in [0.5, 0.6) is 0 Å². The average molecular weight is 847 g/mol. The van der Waals surface area contributed by atoms with E-state index in [2.05, 4.69) is 67.7 Å². The number of anilines is 1. The number of hydrogen-bond donors (Lipinski definition) is 0. The minimum atomic E-state index is -2.85. The minimum absolute atomic E-state index is 0.116. The van der Waals surface area contributed by atoms with Crippen molar-refractivity contribution in [3.8, 4) is 0 Å². The molecule has 12 nitrogen and oxygen atoms in total. The van der Waals surface area contributed by atoms with Gasteiger partial charge in [0.25, 0.3) is 5.91 Å². The topological polar surface area (TPSA) is 120 Å². The number of benzene rings is 2. The quantitative estimate of drug-likeness (QED) is 0.225. The Morgan fingerprint density at radius 1 is 0.746 bits per heavy atom. The number of piperazine rings is 1. The molecule has 3 aliphatic heterocycles. The fourth-order valence-corrected chi connectivity index (χ4v) is 10.6. The van der Waals surface area contributed by atoms with Crippen LogP contribution >= 0.6 is 0 Å². The molecule has 6 rings (SSSR count). The molecule has 4 atom stereocenters. The number of aromatic nitrogens is 1. The van der Waals surface area contributed by atoms with E-state index in [1.807, 2.05) is 69.3 Å². The summed E-state index contributed by atoms with van der Waals surface area (Å²) in [6.45, 7) is 31.7. The molecule has 2 aromatic carbocycles. The molecule has 3 amide bonds. The first-order chi connectivity index (χ1) is 26.8. The molecule has 0 spiro atoms. The van der Waals surface area contributed by atoms with Crippen LogP contribution in [-0.2, 0) is 33.3 Å². The van der Waals surface area contributed by atoms with Crippen molar-refractivity contribution in [3.63, 3.8) is 0 Å². The summed E-state index contributed by atoms with van der Waals surface area (Å²) in [6.07, 6.45) is -0.461. The number of ether oxygens (including phenoxy) is 2. The lowest BCUT2D eigenvalue weighted by Crippen LogP contribution is -2.76. The lowest BCUT2D eigenvalue weighted by molar-refractivity contribution is -0.198. The van der Waals surface area contributed by atoms with Gasteiger partial charge in [-0.05, 0) is 107 Å². The fourth-order valence-electron chi connectivity index (χ4n) is 8.18. The van der Waals surface area contributed by atoms with Gasteiger partial charge in [-0.25, -0.2) is 9.59 Å². The van der Waals surface area contributed by atoms with Gasteiger partial charge in [0, 0.05) is 18.6 Å². The van der Waals surface area contributed by atoms with Crippen molar-refractivity contribution in [2.45, 2.75) is 160 Å². The largest absolute Gasteiger partial charge is 0.443 e. The van der Waals surface area contributed by atoms with Crippen molar-refractivity contribution < 1.29 is 37.5 Å². The molecular weight excluding hydrogens is 781 g/mol. The molecule has 14 heteroatoms. The van der Waals surface area contributed by atoms with Crippen molar-refractivity contribution >= 4 is 57.2 Å². The van der Waals surface area contributed by atoms with Crippen LogP contribution in [0.4, 0.5) is 15.3 Å². The van der Waals surface area contributed by atoms with Crippen molar-refractivity contribution in [2.75, 3.05) is 18.6 Å². The minimum Gasteiger partial charge on any atom is -0.443 e. The SMILES string of the molecule is CN1C(=O)[C@@H]2C[C@]3(c4cn(C(=O)OC(C)(C)C)c5ccccc45)c4ccccc4N(C(=O)OC(C)(C)C)[C@@H]3N2C(=O)C1(CO[Si](C)(C)C(C)(C)C)O[Si](C)(C)C(C)(C)C. The smallest absolute Gasteiger partial charge is 0.419 e. The standard InChI is InChI=1S/C45H66N4O8Si2/c1-40(2,3)55-38(52)47-27-31(29-22-18-20-24-32(29)47)44-26-34-35(50)46(13)45(57-59(16,17)43(10,11)12,28-54-58(14,15)42(7,8)9)37(51)48(34)36(44)49(39(53)56-41(4,5)6)33-25-21-19-23-30(33)44/h18-25,27,34,36H,26,28H2,1-17H3/t34-,36-,44+,45?/m0/s1. The normalized spacial score (nSPS) is 24.1. The number of nitrogens with zero attached hydrogens (tertiary/aromatic N) is 4. The molecule has 0 aliphatic carbocycles. The van der Waals surface area contributed by atoms with E-state index >= 15 is 9.59 Å². The van der Waals surface area contributed by atoms with Crippen LogP contribution < -0.4 is 4.90 Å². The molecule has 0 radical (unpaired) electrons. The van der Waals surface area contributed by atoms with Crippen LogP contribution in [0.15, 0.2) is 54.7 Å². The predicted octanol–water partition coefficient (Wildman–Crippen LogP) is 9.60. The predicted molar refractivity (Wildman–Crippen MR) is 235 cm³/mol. The summed E-state index contributed by atoms with van der Waals surface area (Å²) >= 11 is 0. The van der Waals surface area contributed by atoms with Gasteiger partial charge in [0.15, 0.2) is 16.6 Å². The van der Waals surface area contributed by atoms with E-state index < -0.39 is 69.3 Å². The van der Waals surface area contributed by atoms with Gasteiger partial charge in [-0.1, -0.05) is 77.9 Å². The third-order valence-corrected chi connectivity index (χ3v) is 22.1. The van der Waals surface area contributed by atoms with Crippen LogP contribution in [0.3, 0.4) is 0 Å². The van der Waals surface area contributed by atoms with Gasteiger partial charge in [-0.2, -0.15) is 0 Å². The van der Waals surface area contributed by atoms with Crippen LogP contribution in [0.2, 0.25) is 36.3 Å². The van der Waals surface area contributed by atoms with Gasteiger partial charge in [0.1, 0.15) is 23.4 Å². The highest BCUT2D eigenvalue weighted by Crippen LogP contribution is 2.61. The zero-order chi connectivity index (χ0) is 44.3. The highest BCUT2D eigenvalue weighted by Gasteiger charge is 2.72. The van der Waals surface area contributed by atoms with Gasteiger partial charge in [0.2, 0.25) is 11.6 Å². The van der Waals surface area contributed by atoms with Crippen LogP contribution in [0.25, 0.3) is 10.9 Å². The molecule has 59 heavy (non-hydrogen) atoms. The second kappa shape index (κ2) is 14.0. The van der Waals surface area contributed by atoms with Crippen molar-refractivity contribution in [2.24, 2.45) is 0 Å². The van der Waals surface area contributed by atoms with E-state index in [4.69, 9.17) is 18.3 Å². The Balaban J connectivity index is 1.67. The maximum absolute atomic E-state index is 16.2. The van der Waals surface area contributed by atoms with Crippen LogP contribution in [0.1, 0.15) is 101 Å². The van der Waals surface area contributed by atoms with Gasteiger partial charge < -0.3 is 28.1 Å². The number of carbonyl (C=O) groups excluding carboxylic acids is 4. The maximum atomic E-state index is 16.2. The van der Waals surface area contributed by atoms with E-state index in [1.54, 1.807) is 43.8 Å². The average Bonchev–Trinajstić information content (AvgIpc) is 3.73. The van der Waals surface area contributed by atoms with E-state index in [1.165, 1.54) is 9.47 Å². The number of hydrogen-bond acceptors (Lipinski definition) is 8. The highest BCUT2D eigenvalue weighted by molar-refractivity contribution is 6.75. The molecule has 1 aromatic heterocycles. The number of rotatable bonds is 6. The Bertz CT molecular complexity index is 2190. The summed E-state index contributed by atoms with van der Waals surface area (Å²) < 4.78 is 27.8. The van der Waals surface area contributed by atoms with E-state index in [9.17, 15) is 9.59 Å². The molecule has 1 unspecified atom stereocenters. The summed E-state index contributed by atoms with van der Waals surface area (Å²) in [5.41, 5.74) is -2.21. The number of para-hydroxylation sites is 2. The lowest BCUT2D eigenvalue weighted by Gasteiger charge is -2.55. The van der Waals surface area contributed by atoms with Gasteiger partial charge in [0.05, 0.1) is 23.2 Å². The van der Waals surface area contributed by atoms with Crippen LogP contribution in [-0.4, -0.2) is 97.8 Å². The highest BCUT2D eigenvalue weighted by atomic mass is 28.4. The molecule has 4 heterocycles. The molecule has 0 saturated carbocycles. The first-order valence-electron chi connectivity index (χ1n) is 20.7. The van der Waals surface area contributed by atoms with Crippen molar-refractivity contribution in [1.29, 1.82) is 0 Å². The zero-order valence-electron chi connectivity index (χ0n) is 38.3. The third kappa shape index (κ3) is 7.25. The molecule has 3 aliphatic rings. The monoisotopic (exact) mass is 846 g/mol. The number of likely N-dealkylation sites (N-methyl/N-ethyl adjacent to an activating group) is 1. The number of carbonyl (C=O) groups is 4. The van der Waals surface area contributed by atoms with Crippen molar-refractivity contribution in [1.82, 2.24) is 14.4 Å².